The number of ether oxygens (including phenoxy) is 1. The van der Waals surface area contributed by atoms with Gasteiger partial charge in [0, 0.05) is 6.54 Å². The lowest BCUT2D eigenvalue weighted by Gasteiger charge is -2.31. The average Bonchev–Trinajstić information content (AvgIpc) is 2.23. The van der Waals surface area contributed by atoms with Crippen molar-refractivity contribution in [1.29, 1.82) is 0 Å². The molecule has 1 aromatic rings. The van der Waals surface area contributed by atoms with Crippen molar-refractivity contribution >= 4 is 0 Å². The van der Waals surface area contributed by atoms with Crippen molar-refractivity contribution in [3.63, 3.8) is 0 Å². The summed E-state index contributed by atoms with van der Waals surface area (Å²) in [5.41, 5.74) is 4.04. The van der Waals surface area contributed by atoms with E-state index >= 15 is 0 Å². The molecule has 1 fully saturated rings. The van der Waals surface area contributed by atoms with Crippen molar-refractivity contribution in [3.05, 3.63) is 34.9 Å². The molecule has 2 atom stereocenters. The van der Waals surface area contributed by atoms with Crippen molar-refractivity contribution in [1.82, 2.24) is 5.32 Å². The minimum absolute atomic E-state index is 0.265. The Hall–Kier alpha value is -0.860. The van der Waals surface area contributed by atoms with Gasteiger partial charge >= 0.3 is 0 Å². The number of morpholine rings is 1. The van der Waals surface area contributed by atoms with E-state index in [2.05, 4.69) is 44.3 Å². The topological polar surface area (TPSA) is 21.3 Å². The van der Waals surface area contributed by atoms with Crippen LogP contribution in [0.25, 0.3) is 0 Å². The molecule has 0 amide bonds. The van der Waals surface area contributed by atoms with Crippen molar-refractivity contribution < 1.29 is 4.74 Å². The van der Waals surface area contributed by atoms with Gasteiger partial charge in [-0.3, -0.25) is 0 Å². The molecule has 1 N–H and O–H groups in total. The zero-order chi connectivity index (χ0) is 10.8. The Morgan fingerprint density at radius 3 is 2.73 bits per heavy atom. The second-order valence-corrected chi connectivity index (χ2v) is 4.35. The van der Waals surface area contributed by atoms with Crippen LogP contribution in [-0.4, -0.2) is 19.3 Å². The molecule has 0 saturated carbocycles. The number of hydrogen-bond donors (Lipinski definition) is 1. The van der Waals surface area contributed by atoms with E-state index in [0.717, 1.165) is 13.2 Å². The van der Waals surface area contributed by atoms with E-state index in [1.54, 1.807) is 0 Å². The third-order valence-corrected chi connectivity index (χ3v) is 3.21. The monoisotopic (exact) mass is 205 g/mol. The second-order valence-electron chi connectivity index (χ2n) is 4.35. The summed E-state index contributed by atoms with van der Waals surface area (Å²) in [5, 5.41) is 3.51. The van der Waals surface area contributed by atoms with Crippen molar-refractivity contribution in [2.24, 2.45) is 0 Å². The molecule has 2 nitrogen and oxygen atoms in total. The summed E-state index contributed by atoms with van der Waals surface area (Å²) in [6.45, 7) is 8.21. The predicted octanol–water partition coefficient (Wildman–Crippen LogP) is 2.35. The van der Waals surface area contributed by atoms with Gasteiger partial charge in [-0.15, -0.1) is 0 Å². The lowest BCUT2D eigenvalue weighted by atomic mass is 9.97. The fourth-order valence-corrected chi connectivity index (χ4v) is 2.07. The minimum atomic E-state index is 0.265. The highest BCUT2D eigenvalue weighted by atomic mass is 16.5. The lowest BCUT2D eigenvalue weighted by Crippen LogP contribution is -2.40. The van der Waals surface area contributed by atoms with Crippen LogP contribution in [0.3, 0.4) is 0 Å². The Morgan fingerprint density at radius 2 is 2.07 bits per heavy atom. The number of nitrogens with one attached hydrogen (secondary N) is 1. The van der Waals surface area contributed by atoms with E-state index in [9.17, 15) is 0 Å². The number of rotatable bonds is 1. The third-order valence-electron chi connectivity index (χ3n) is 3.21. The molecular weight excluding hydrogens is 186 g/mol. The number of hydrogen-bond acceptors (Lipinski definition) is 2. The highest BCUT2D eigenvalue weighted by molar-refractivity contribution is 5.32. The van der Waals surface area contributed by atoms with Gasteiger partial charge in [0.1, 0.15) is 0 Å². The summed E-state index contributed by atoms with van der Waals surface area (Å²) in [4.78, 5) is 0. The molecule has 1 aliphatic heterocycles. The smallest absolute Gasteiger partial charge is 0.0742 e. The van der Waals surface area contributed by atoms with Gasteiger partial charge in [0.2, 0.25) is 0 Å². The van der Waals surface area contributed by atoms with Crippen LogP contribution in [0.4, 0.5) is 0 Å². The van der Waals surface area contributed by atoms with Crippen LogP contribution in [-0.2, 0) is 4.74 Å². The van der Waals surface area contributed by atoms with Crippen LogP contribution in [0.2, 0.25) is 0 Å². The molecule has 2 rings (SSSR count). The molecule has 0 radical (unpaired) electrons. The van der Waals surface area contributed by atoms with Gasteiger partial charge in [0.25, 0.3) is 0 Å². The van der Waals surface area contributed by atoms with Crippen LogP contribution in [0.1, 0.15) is 29.7 Å². The van der Waals surface area contributed by atoms with Crippen LogP contribution in [0, 0.1) is 13.8 Å². The average molecular weight is 205 g/mol. The summed E-state index contributed by atoms with van der Waals surface area (Å²) >= 11 is 0. The quantitative estimate of drug-likeness (QED) is 0.760. The Bertz CT molecular complexity index is 348. The van der Waals surface area contributed by atoms with Gasteiger partial charge in [-0.25, -0.2) is 0 Å². The van der Waals surface area contributed by atoms with Gasteiger partial charge in [0.15, 0.2) is 0 Å². The van der Waals surface area contributed by atoms with E-state index in [4.69, 9.17) is 4.74 Å². The zero-order valence-electron chi connectivity index (χ0n) is 9.71. The summed E-state index contributed by atoms with van der Waals surface area (Å²) < 4.78 is 5.65. The minimum Gasteiger partial charge on any atom is -0.375 e. The molecule has 1 aromatic carbocycles. The molecule has 0 bridgehead atoms. The van der Waals surface area contributed by atoms with E-state index < -0.39 is 0 Å². The lowest BCUT2D eigenvalue weighted by molar-refractivity contribution is 0.00755. The molecular formula is C13H19NO. The van der Waals surface area contributed by atoms with Crippen molar-refractivity contribution in [2.75, 3.05) is 13.2 Å². The summed E-state index contributed by atoms with van der Waals surface area (Å²) in [5.74, 6) is 0. The highest BCUT2D eigenvalue weighted by Crippen LogP contribution is 2.23. The Balaban J connectivity index is 2.24. The van der Waals surface area contributed by atoms with Crippen molar-refractivity contribution in [3.8, 4) is 0 Å². The van der Waals surface area contributed by atoms with Gasteiger partial charge in [0.05, 0.1) is 18.8 Å². The van der Waals surface area contributed by atoms with E-state index in [-0.39, 0.29) is 6.10 Å². The largest absolute Gasteiger partial charge is 0.375 e. The number of aryl methyl sites for hydroxylation is 2. The summed E-state index contributed by atoms with van der Waals surface area (Å²) in [6.07, 6.45) is 0.265. The first kappa shape index (κ1) is 10.7. The zero-order valence-corrected chi connectivity index (χ0v) is 9.71. The van der Waals surface area contributed by atoms with Crippen molar-refractivity contribution in [2.45, 2.75) is 32.9 Å². The Labute approximate surface area is 91.6 Å². The first-order valence-corrected chi connectivity index (χ1v) is 5.60. The van der Waals surface area contributed by atoms with E-state index in [1.807, 2.05) is 0 Å². The standard InChI is InChI=1S/C13H19NO/c1-9-4-5-12(8-10(9)2)13-11(3)15-7-6-14-13/h4-5,8,11,13-14H,6-7H2,1-3H3. The normalized spacial score (nSPS) is 26.6. The second kappa shape index (κ2) is 4.33. The third kappa shape index (κ3) is 2.21. The maximum absolute atomic E-state index is 5.65. The fourth-order valence-electron chi connectivity index (χ4n) is 2.07. The number of benzene rings is 1. The van der Waals surface area contributed by atoms with Crippen LogP contribution < -0.4 is 5.32 Å². The fraction of sp³-hybridized carbons (Fsp3) is 0.538. The van der Waals surface area contributed by atoms with E-state index in [0.29, 0.717) is 6.04 Å². The molecule has 1 heterocycles. The van der Waals surface area contributed by atoms with Gasteiger partial charge < -0.3 is 10.1 Å². The van der Waals surface area contributed by atoms with Crippen LogP contribution >= 0.6 is 0 Å². The summed E-state index contributed by atoms with van der Waals surface area (Å²) in [7, 11) is 0. The molecule has 2 unspecified atom stereocenters. The van der Waals surface area contributed by atoms with Crippen LogP contribution in [0.5, 0.6) is 0 Å². The molecule has 1 aliphatic rings. The first-order valence-electron chi connectivity index (χ1n) is 5.60. The maximum Gasteiger partial charge on any atom is 0.0742 e. The maximum atomic E-state index is 5.65. The predicted molar refractivity (Wildman–Crippen MR) is 62.1 cm³/mol. The molecule has 0 aromatic heterocycles. The highest BCUT2D eigenvalue weighted by Gasteiger charge is 2.22. The Kier molecular flexibility index (Phi) is 3.08. The van der Waals surface area contributed by atoms with E-state index in [1.165, 1.54) is 16.7 Å². The molecule has 0 aliphatic carbocycles. The molecule has 2 heteroatoms. The SMILES string of the molecule is Cc1ccc(C2NCCOC2C)cc1C. The van der Waals surface area contributed by atoms with Gasteiger partial charge in [-0.2, -0.15) is 0 Å². The molecule has 1 saturated heterocycles. The van der Waals surface area contributed by atoms with Crippen LogP contribution in [0.15, 0.2) is 18.2 Å². The molecule has 15 heavy (non-hydrogen) atoms. The Morgan fingerprint density at radius 1 is 1.27 bits per heavy atom. The summed E-state index contributed by atoms with van der Waals surface area (Å²) in [6, 6.07) is 7.00. The van der Waals surface area contributed by atoms with Gasteiger partial charge in [-0.05, 0) is 37.5 Å². The van der Waals surface area contributed by atoms with Gasteiger partial charge in [-0.1, -0.05) is 18.2 Å². The first-order chi connectivity index (χ1) is 7.18. The molecule has 82 valence electrons. The molecule has 0 spiro atoms.